The number of rotatable bonds is 4. The van der Waals surface area contributed by atoms with Crippen LogP contribution in [-0.4, -0.2) is 22.2 Å². The Kier molecular flexibility index (Phi) is 5.56. The summed E-state index contributed by atoms with van der Waals surface area (Å²) in [4.78, 5) is 0. The maximum Gasteiger partial charge on any atom is 0.241 e. The highest BCUT2D eigenvalue weighted by molar-refractivity contribution is 6.70. The summed E-state index contributed by atoms with van der Waals surface area (Å²) in [5.74, 6) is 4.72. The molecule has 0 spiro atoms. The van der Waals surface area contributed by atoms with E-state index in [9.17, 15) is 0 Å². The third kappa shape index (κ3) is 3.81. The van der Waals surface area contributed by atoms with Gasteiger partial charge < -0.3 is 8.85 Å². The minimum absolute atomic E-state index is 0.0929. The molecule has 172 valence electrons. The van der Waals surface area contributed by atoms with Gasteiger partial charge in [-0.05, 0) is 132 Å². The highest BCUT2D eigenvalue weighted by atomic mass is 28.4. The summed E-state index contributed by atoms with van der Waals surface area (Å²) in [5, 5.41) is 0. The standard InChI is InChI=1S/C26H48O2Si2/c1-24-15-12-20(27-29(4,5)6)18-19(24)10-11-21-22(24)13-16-25(2)23(21)14-17-26(25,3)28-30(7,8)9/h18-19,21-23H,10-17H2,1-9H3/t19-,21?,22?,23?,24?,25?,26+/m1/s1. The molecule has 4 aliphatic rings. The predicted molar refractivity (Wildman–Crippen MR) is 132 cm³/mol. The molecule has 7 atom stereocenters. The molecule has 0 bridgehead atoms. The first-order chi connectivity index (χ1) is 13.7. The van der Waals surface area contributed by atoms with Crippen molar-refractivity contribution < 1.29 is 8.85 Å². The molecule has 4 heteroatoms. The lowest BCUT2D eigenvalue weighted by Gasteiger charge is -2.61. The second-order valence-electron chi connectivity index (χ2n) is 13.9. The SMILES string of the molecule is CC12CCC(O[Si](C)(C)C)=C[C@H]1CCC1C2CCC2(C)C1CC[C@]2(C)O[Si](C)(C)C. The molecular weight excluding hydrogens is 400 g/mol. The van der Waals surface area contributed by atoms with Crippen LogP contribution in [-0.2, 0) is 8.85 Å². The van der Waals surface area contributed by atoms with Crippen molar-refractivity contribution in [3.8, 4) is 0 Å². The molecule has 0 aromatic rings. The van der Waals surface area contributed by atoms with E-state index in [1.807, 2.05) is 0 Å². The minimum Gasteiger partial charge on any atom is -0.548 e. The topological polar surface area (TPSA) is 18.5 Å². The van der Waals surface area contributed by atoms with Crippen LogP contribution in [0.5, 0.6) is 0 Å². The van der Waals surface area contributed by atoms with Crippen LogP contribution in [0, 0.1) is 34.5 Å². The third-order valence-electron chi connectivity index (χ3n) is 9.74. The minimum atomic E-state index is -1.55. The fourth-order valence-electron chi connectivity index (χ4n) is 8.38. The van der Waals surface area contributed by atoms with Crippen molar-refractivity contribution in [1.82, 2.24) is 0 Å². The third-order valence-corrected chi connectivity index (χ3v) is 11.7. The van der Waals surface area contributed by atoms with Crippen molar-refractivity contribution in [2.24, 2.45) is 34.5 Å². The van der Waals surface area contributed by atoms with Gasteiger partial charge >= 0.3 is 0 Å². The molecule has 0 heterocycles. The van der Waals surface area contributed by atoms with E-state index < -0.39 is 16.6 Å². The number of hydrogen-bond donors (Lipinski definition) is 0. The Balaban J connectivity index is 1.56. The molecule has 3 saturated carbocycles. The van der Waals surface area contributed by atoms with Crippen LogP contribution in [0.25, 0.3) is 0 Å². The molecule has 0 amide bonds. The predicted octanol–water partition coefficient (Wildman–Crippen LogP) is 7.98. The van der Waals surface area contributed by atoms with Crippen molar-refractivity contribution in [3.05, 3.63) is 11.8 Å². The molecule has 4 aliphatic carbocycles. The van der Waals surface area contributed by atoms with Crippen molar-refractivity contribution >= 4 is 16.6 Å². The summed E-state index contributed by atoms with van der Waals surface area (Å²) >= 11 is 0. The zero-order valence-electron chi connectivity index (χ0n) is 21.4. The first-order valence-electron chi connectivity index (χ1n) is 12.8. The second kappa shape index (κ2) is 7.22. The average molecular weight is 449 g/mol. The van der Waals surface area contributed by atoms with Crippen molar-refractivity contribution in [2.75, 3.05) is 0 Å². The van der Waals surface area contributed by atoms with Crippen LogP contribution in [0.3, 0.4) is 0 Å². The molecule has 0 radical (unpaired) electrons. The first-order valence-corrected chi connectivity index (χ1v) is 19.6. The van der Waals surface area contributed by atoms with Crippen LogP contribution in [0.1, 0.15) is 72.1 Å². The molecule has 0 N–H and O–H groups in total. The Morgan fingerprint density at radius 3 is 2.10 bits per heavy atom. The van der Waals surface area contributed by atoms with E-state index in [1.165, 1.54) is 57.1 Å². The summed E-state index contributed by atoms with van der Waals surface area (Å²) in [5.41, 5.74) is 0.944. The normalized spacial score (nSPS) is 46.5. The van der Waals surface area contributed by atoms with Crippen molar-refractivity contribution in [3.63, 3.8) is 0 Å². The Morgan fingerprint density at radius 1 is 0.800 bits per heavy atom. The lowest BCUT2D eigenvalue weighted by atomic mass is 9.45. The van der Waals surface area contributed by atoms with E-state index in [1.54, 1.807) is 0 Å². The highest BCUT2D eigenvalue weighted by Crippen LogP contribution is 2.68. The number of fused-ring (bicyclic) bond motifs is 5. The van der Waals surface area contributed by atoms with E-state index >= 15 is 0 Å². The molecule has 5 unspecified atom stereocenters. The fourth-order valence-corrected chi connectivity index (χ4v) is 11.0. The van der Waals surface area contributed by atoms with Crippen LogP contribution in [0.2, 0.25) is 39.3 Å². The lowest BCUT2D eigenvalue weighted by Crippen LogP contribution is -2.57. The summed E-state index contributed by atoms with van der Waals surface area (Å²) in [6, 6.07) is 0. The van der Waals surface area contributed by atoms with E-state index in [0.29, 0.717) is 10.8 Å². The van der Waals surface area contributed by atoms with Gasteiger partial charge in [0.2, 0.25) is 8.32 Å². The highest BCUT2D eigenvalue weighted by Gasteiger charge is 2.64. The van der Waals surface area contributed by atoms with Crippen molar-refractivity contribution in [1.29, 1.82) is 0 Å². The average Bonchev–Trinajstić information content (AvgIpc) is 2.83. The summed E-state index contributed by atoms with van der Waals surface area (Å²) in [7, 11) is -3.05. The van der Waals surface area contributed by atoms with Crippen LogP contribution >= 0.6 is 0 Å². The quantitative estimate of drug-likeness (QED) is 0.406. The molecule has 30 heavy (non-hydrogen) atoms. The second-order valence-corrected chi connectivity index (χ2v) is 22.7. The summed E-state index contributed by atoms with van der Waals surface area (Å²) < 4.78 is 13.4. The Bertz CT molecular complexity index is 705. The zero-order chi connectivity index (χ0) is 22.2. The van der Waals surface area contributed by atoms with Crippen LogP contribution < -0.4 is 0 Å². The maximum atomic E-state index is 6.95. The first kappa shape index (κ1) is 23.1. The van der Waals surface area contributed by atoms with Crippen LogP contribution in [0.4, 0.5) is 0 Å². The molecule has 2 nitrogen and oxygen atoms in total. The van der Waals surface area contributed by atoms with Gasteiger partial charge in [-0.1, -0.05) is 13.8 Å². The smallest absolute Gasteiger partial charge is 0.241 e. The van der Waals surface area contributed by atoms with E-state index in [4.69, 9.17) is 8.85 Å². The lowest BCUT2D eigenvalue weighted by molar-refractivity contribution is -0.130. The van der Waals surface area contributed by atoms with Gasteiger partial charge in [-0.2, -0.15) is 0 Å². The molecule has 4 rings (SSSR count). The van der Waals surface area contributed by atoms with E-state index in [0.717, 1.165) is 23.7 Å². The fraction of sp³-hybridized carbons (Fsp3) is 0.923. The van der Waals surface area contributed by atoms with Gasteiger partial charge in [0, 0.05) is 6.42 Å². The Hall–Kier alpha value is -0.0662. The molecule has 0 saturated heterocycles. The largest absolute Gasteiger partial charge is 0.548 e. The Labute approximate surface area is 188 Å². The number of allylic oxidation sites excluding steroid dienone is 2. The molecular formula is C26H48O2Si2. The molecule has 0 aromatic heterocycles. The number of hydrogen-bond acceptors (Lipinski definition) is 2. The molecule has 3 fully saturated rings. The van der Waals surface area contributed by atoms with Gasteiger partial charge in [-0.15, -0.1) is 0 Å². The van der Waals surface area contributed by atoms with Gasteiger partial charge in [0.15, 0.2) is 8.32 Å². The van der Waals surface area contributed by atoms with Gasteiger partial charge in [0.05, 0.1) is 11.4 Å². The molecule has 0 aliphatic heterocycles. The van der Waals surface area contributed by atoms with Crippen molar-refractivity contribution in [2.45, 2.75) is 117 Å². The van der Waals surface area contributed by atoms with Gasteiger partial charge in [-0.25, -0.2) is 0 Å². The summed E-state index contributed by atoms with van der Waals surface area (Å²) in [6.45, 7) is 21.8. The maximum absolute atomic E-state index is 6.95. The Morgan fingerprint density at radius 2 is 1.47 bits per heavy atom. The molecule has 0 aromatic carbocycles. The zero-order valence-corrected chi connectivity index (χ0v) is 23.4. The van der Waals surface area contributed by atoms with E-state index in [2.05, 4.69) is 66.1 Å². The van der Waals surface area contributed by atoms with Gasteiger partial charge in [-0.3, -0.25) is 0 Å². The van der Waals surface area contributed by atoms with Crippen LogP contribution in [0.15, 0.2) is 11.8 Å². The van der Waals surface area contributed by atoms with Gasteiger partial charge in [0.1, 0.15) is 0 Å². The van der Waals surface area contributed by atoms with Gasteiger partial charge in [0.25, 0.3) is 0 Å². The van der Waals surface area contributed by atoms with E-state index in [-0.39, 0.29) is 5.60 Å². The summed E-state index contributed by atoms with van der Waals surface area (Å²) in [6.07, 6.45) is 13.3. The monoisotopic (exact) mass is 448 g/mol.